The molecule has 1 fully saturated rings. The molecule has 0 amide bonds. The first-order valence-electron chi connectivity index (χ1n) is 7.77. The molecule has 0 aliphatic carbocycles. The maximum atomic E-state index is 13.6. The van der Waals surface area contributed by atoms with Crippen molar-refractivity contribution >= 4 is 0 Å². The zero-order valence-corrected chi connectivity index (χ0v) is 12.6. The molecule has 112 valence electrons. The lowest BCUT2D eigenvalue weighted by Gasteiger charge is -2.28. The first-order chi connectivity index (χ1) is 9.69. The minimum absolute atomic E-state index is 0.129. The lowest BCUT2D eigenvalue weighted by Crippen LogP contribution is -2.27. The second-order valence-electron chi connectivity index (χ2n) is 5.86. The van der Waals surface area contributed by atoms with Gasteiger partial charge < -0.3 is 10.1 Å². The van der Waals surface area contributed by atoms with Crippen LogP contribution in [0.25, 0.3) is 0 Å². The summed E-state index contributed by atoms with van der Waals surface area (Å²) in [4.78, 5) is 0. The first-order valence-corrected chi connectivity index (χ1v) is 7.77. The molecule has 0 radical (unpaired) electrons. The van der Waals surface area contributed by atoms with Gasteiger partial charge in [0.2, 0.25) is 0 Å². The summed E-state index contributed by atoms with van der Waals surface area (Å²) >= 11 is 0. The van der Waals surface area contributed by atoms with Crippen molar-refractivity contribution in [3.63, 3.8) is 0 Å². The van der Waals surface area contributed by atoms with E-state index in [9.17, 15) is 4.39 Å². The highest BCUT2D eigenvalue weighted by molar-refractivity contribution is 5.26. The SMILES string of the molecule is CCCNC(CC1CCOCC1)c1cc(C)cc(F)c1. The highest BCUT2D eigenvalue weighted by Gasteiger charge is 2.20. The topological polar surface area (TPSA) is 21.3 Å². The normalized spacial score (nSPS) is 18.1. The third-order valence-electron chi connectivity index (χ3n) is 4.02. The molecule has 0 spiro atoms. The van der Waals surface area contributed by atoms with E-state index in [4.69, 9.17) is 4.74 Å². The third kappa shape index (κ3) is 4.57. The second-order valence-corrected chi connectivity index (χ2v) is 5.86. The minimum Gasteiger partial charge on any atom is -0.381 e. The Bertz CT molecular complexity index is 395. The molecule has 0 saturated carbocycles. The van der Waals surface area contributed by atoms with Crippen molar-refractivity contribution in [2.24, 2.45) is 5.92 Å². The van der Waals surface area contributed by atoms with Gasteiger partial charge in [-0.1, -0.05) is 13.0 Å². The molecule has 3 heteroatoms. The fourth-order valence-electron chi connectivity index (χ4n) is 2.94. The van der Waals surface area contributed by atoms with Gasteiger partial charge in [0.05, 0.1) is 0 Å². The molecule has 1 aliphatic rings. The number of halogens is 1. The summed E-state index contributed by atoms with van der Waals surface area (Å²) in [6, 6.07) is 5.64. The Morgan fingerprint density at radius 2 is 2.05 bits per heavy atom. The predicted molar refractivity (Wildman–Crippen MR) is 80.3 cm³/mol. The summed E-state index contributed by atoms with van der Waals surface area (Å²) in [6.45, 7) is 6.83. The van der Waals surface area contributed by atoms with Crippen molar-refractivity contribution in [3.05, 3.63) is 35.1 Å². The molecule has 2 nitrogen and oxygen atoms in total. The van der Waals surface area contributed by atoms with Crippen LogP contribution in [-0.4, -0.2) is 19.8 Å². The van der Waals surface area contributed by atoms with Crippen LogP contribution in [0, 0.1) is 18.7 Å². The maximum absolute atomic E-state index is 13.6. The Balaban J connectivity index is 2.08. The standard InChI is InChI=1S/C17H26FNO/c1-3-6-19-17(11-14-4-7-20-8-5-14)15-9-13(2)10-16(18)12-15/h9-10,12,14,17,19H,3-8,11H2,1-2H3. The van der Waals surface area contributed by atoms with Crippen molar-refractivity contribution in [3.8, 4) is 0 Å². The largest absolute Gasteiger partial charge is 0.381 e. The van der Waals surface area contributed by atoms with E-state index in [2.05, 4.69) is 18.3 Å². The van der Waals surface area contributed by atoms with Crippen molar-refractivity contribution in [2.45, 2.75) is 45.6 Å². The number of benzene rings is 1. The minimum atomic E-state index is -0.129. The Morgan fingerprint density at radius 3 is 2.70 bits per heavy atom. The molecular weight excluding hydrogens is 253 g/mol. The van der Waals surface area contributed by atoms with E-state index < -0.39 is 0 Å². The molecule has 0 aromatic heterocycles. The average Bonchev–Trinajstić information content (AvgIpc) is 2.43. The van der Waals surface area contributed by atoms with Gasteiger partial charge in [0, 0.05) is 19.3 Å². The molecule has 0 bridgehead atoms. The summed E-state index contributed by atoms with van der Waals surface area (Å²) in [5.41, 5.74) is 2.08. The predicted octanol–water partition coefficient (Wildman–Crippen LogP) is 3.99. The molecule has 1 aromatic rings. The Hall–Kier alpha value is -0.930. The number of aryl methyl sites for hydroxylation is 1. The van der Waals surface area contributed by atoms with Gasteiger partial charge in [-0.25, -0.2) is 4.39 Å². The fourth-order valence-corrected chi connectivity index (χ4v) is 2.94. The van der Waals surface area contributed by atoms with E-state index in [0.29, 0.717) is 5.92 Å². The zero-order chi connectivity index (χ0) is 14.4. The van der Waals surface area contributed by atoms with Gasteiger partial charge in [-0.3, -0.25) is 0 Å². The molecule has 1 saturated heterocycles. The number of rotatable bonds is 6. The van der Waals surface area contributed by atoms with Crippen LogP contribution in [-0.2, 0) is 4.74 Å². The molecule has 1 aliphatic heterocycles. The summed E-state index contributed by atoms with van der Waals surface area (Å²) in [7, 11) is 0. The molecule has 1 heterocycles. The van der Waals surface area contributed by atoms with Crippen LogP contribution < -0.4 is 5.32 Å². The molecule has 1 atom stereocenters. The first kappa shape index (κ1) is 15.5. The summed E-state index contributed by atoms with van der Waals surface area (Å²) in [5.74, 6) is 0.553. The quantitative estimate of drug-likeness (QED) is 0.850. The van der Waals surface area contributed by atoms with Crippen molar-refractivity contribution in [1.82, 2.24) is 5.32 Å². The Labute approximate surface area is 121 Å². The molecule has 20 heavy (non-hydrogen) atoms. The molecular formula is C17H26FNO. The van der Waals surface area contributed by atoms with E-state index in [-0.39, 0.29) is 11.9 Å². The lowest BCUT2D eigenvalue weighted by atomic mass is 9.89. The smallest absolute Gasteiger partial charge is 0.123 e. The van der Waals surface area contributed by atoms with Crippen LogP contribution in [0.2, 0.25) is 0 Å². The van der Waals surface area contributed by atoms with E-state index in [1.54, 1.807) is 12.1 Å². The van der Waals surface area contributed by atoms with E-state index in [1.165, 1.54) is 0 Å². The summed E-state index contributed by atoms with van der Waals surface area (Å²) < 4.78 is 19.1. The zero-order valence-electron chi connectivity index (χ0n) is 12.6. The van der Waals surface area contributed by atoms with Crippen LogP contribution in [0.1, 0.15) is 49.8 Å². The van der Waals surface area contributed by atoms with Gasteiger partial charge in [0.1, 0.15) is 5.82 Å². The number of hydrogen-bond donors (Lipinski definition) is 1. The van der Waals surface area contributed by atoms with Gasteiger partial charge in [-0.2, -0.15) is 0 Å². The van der Waals surface area contributed by atoms with Crippen LogP contribution in [0.5, 0.6) is 0 Å². The fraction of sp³-hybridized carbons (Fsp3) is 0.647. The number of nitrogens with one attached hydrogen (secondary N) is 1. The van der Waals surface area contributed by atoms with Crippen LogP contribution >= 0.6 is 0 Å². The van der Waals surface area contributed by atoms with E-state index in [1.807, 2.05) is 6.92 Å². The maximum Gasteiger partial charge on any atom is 0.123 e. The van der Waals surface area contributed by atoms with Crippen LogP contribution in [0.4, 0.5) is 4.39 Å². The highest BCUT2D eigenvalue weighted by atomic mass is 19.1. The number of ether oxygens (including phenoxy) is 1. The van der Waals surface area contributed by atoms with Crippen molar-refractivity contribution in [1.29, 1.82) is 0 Å². The average molecular weight is 279 g/mol. The van der Waals surface area contributed by atoms with Gasteiger partial charge in [-0.05, 0) is 68.3 Å². The summed E-state index contributed by atoms with van der Waals surface area (Å²) in [5, 5.41) is 3.58. The van der Waals surface area contributed by atoms with E-state index >= 15 is 0 Å². The summed E-state index contributed by atoms with van der Waals surface area (Å²) in [6.07, 6.45) is 4.42. The van der Waals surface area contributed by atoms with Gasteiger partial charge >= 0.3 is 0 Å². The third-order valence-corrected chi connectivity index (χ3v) is 4.02. The molecule has 2 rings (SSSR count). The van der Waals surface area contributed by atoms with E-state index in [0.717, 1.165) is 56.6 Å². The van der Waals surface area contributed by atoms with Gasteiger partial charge in [0.25, 0.3) is 0 Å². The Kier molecular flexibility index (Phi) is 5.99. The Morgan fingerprint density at radius 1 is 1.30 bits per heavy atom. The molecule has 1 aromatic carbocycles. The van der Waals surface area contributed by atoms with Crippen molar-refractivity contribution in [2.75, 3.05) is 19.8 Å². The monoisotopic (exact) mass is 279 g/mol. The van der Waals surface area contributed by atoms with Crippen LogP contribution in [0.3, 0.4) is 0 Å². The second kappa shape index (κ2) is 7.75. The molecule has 1 unspecified atom stereocenters. The molecule has 1 N–H and O–H groups in total. The van der Waals surface area contributed by atoms with Crippen LogP contribution in [0.15, 0.2) is 18.2 Å². The van der Waals surface area contributed by atoms with Crippen molar-refractivity contribution < 1.29 is 9.13 Å². The lowest BCUT2D eigenvalue weighted by molar-refractivity contribution is 0.0605. The highest BCUT2D eigenvalue weighted by Crippen LogP contribution is 2.28. The van der Waals surface area contributed by atoms with Gasteiger partial charge in [-0.15, -0.1) is 0 Å². The van der Waals surface area contributed by atoms with Gasteiger partial charge in [0.15, 0.2) is 0 Å². The number of hydrogen-bond acceptors (Lipinski definition) is 2.